The van der Waals surface area contributed by atoms with Gasteiger partial charge < -0.3 is 10.1 Å². The highest BCUT2D eigenvalue weighted by molar-refractivity contribution is 7.88. The second kappa shape index (κ2) is 8.03. The number of aromatic nitrogens is 1. The molecule has 1 atom stereocenters. The standard InChI is InChI=1S/C18H23N3O4S/c1-19-26(23,24)21-11-9-16(15-8-5-10-20-12-15)17(21)18(22)25-13-14-6-3-2-4-7-14/h2-4,6-7,9,11,15,19-20H,5,8,10,12-13H2,1H3/p+1. The third-order valence-electron chi connectivity index (χ3n) is 4.66. The number of benzene rings is 1. The van der Waals surface area contributed by atoms with Gasteiger partial charge in [0.1, 0.15) is 12.3 Å². The predicted molar refractivity (Wildman–Crippen MR) is 97.0 cm³/mol. The molecule has 26 heavy (non-hydrogen) atoms. The Kier molecular flexibility index (Phi) is 5.75. The third kappa shape index (κ3) is 3.98. The van der Waals surface area contributed by atoms with E-state index in [-0.39, 0.29) is 18.2 Å². The summed E-state index contributed by atoms with van der Waals surface area (Å²) in [7, 11) is -2.50. The zero-order valence-electron chi connectivity index (χ0n) is 14.7. The molecule has 1 aliphatic heterocycles. The van der Waals surface area contributed by atoms with Crippen molar-refractivity contribution in [2.75, 3.05) is 20.1 Å². The van der Waals surface area contributed by atoms with Crippen molar-refractivity contribution in [1.82, 2.24) is 8.69 Å². The Hall–Kier alpha value is -2.16. The smallest absolute Gasteiger partial charge is 0.356 e. The van der Waals surface area contributed by atoms with Gasteiger partial charge in [0.15, 0.2) is 0 Å². The number of carbonyl (C=O) groups is 1. The van der Waals surface area contributed by atoms with Gasteiger partial charge in [-0.2, -0.15) is 8.42 Å². The molecular formula is C18H24N3O4S+. The first-order chi connectivity index (χ1) is 12.5. The minimum atomic E-state index is -3.82. The molecule has 1 unspecified atom stereocenters. The Bertz CT molecular complexity index is 856. The van der Waals surface area contributed by atoms with Crippen LogP contribution in [0.3, 0.4) is 0 Å². The lowest BCUT2D eigenvalue weighted by atomic mass is 9.92. The molecule has 2 aromatic rings. The van der Waals surface area contributed by atoms with Crippen LogP contribution in [-0.2, 0) is 21.6 Å². The van der Waals surface area contributed by atoms with Crippen molar-refractivity contribution in [3.05, 3.63) is 59.4 Å². The molecule has 8 heteroatoms. The van der Waals surface area contributed by atoms with E-state index < -0.39 is 16.2 Å². The molecule has 0 aliphatic carbocycles. The molecule has 140 valence electrons. The Morgan fingerprint density at radius 1 is 1.31 bits per heavy atom. The number of nitrogens with one attached hydrogen (secondary N) is 1. The van der Waals surface area contributed by atoms with E-state index in [9.17, 15) is 13.2 Å². The van der Waals surface area contributed by atoms with Crippen molar-refractivity contribution in [2.45, 2.75) is 25.4 Å². The van der Waals surface area contributed by atoms with Gasteiger partial charge in [0.2, 0.25) is 0 Å². The lowest BCUT2D eigenvalue weighted by molar-refractivity contribution is -0.664. The van der Waals surface area contributed by atoms with Crippen molar-refractivity contribution in [3.8, 4) is 0 Å². The molecule has 0 saturated carbocycles. The molecule has 2 heterocycles. The quantitative estimate of drug-likeness (QED) is 0.720. The zero-order chi connectivity index (χ0) is 18.6. The highest BCUT2D eigenvalue weighted by atomic mass is 32.2. The van der Waals surface area contributed by atoms with E-state index in [2.05, 4.69) is 10.0 Å². The van der Waals surface area contributed by atoms with Gasteiger partial charge in [0.25, 0.3) is 0 Å². The largest absolute Gasteiger partial charge is 0.456 e. The maximum absolute atomic E-state index is 12.8. The van der Waals surface area contributed by atoms with Gasteiger partial charge >= 0.3 is 16.2 Å². The van der Waals surface area contributed by atoms with Gasteiger partial charge in [-0.15, -0.1) is 0 Å². The van der Waals surface area contributed by atoms with Crippen LogP contribution >= 0.6 is 0 Å². The number of piperidine rings is 1. The van der Waals surface area contributed by atoms with Gasteiger partial charge in [0.05, 0.1) is 13.1 Å². The van der Waals surface area contributed by atoms with Gasteiger partial charge in [-0.1, -0.05) is 30.3 Å². The Morgan fingerprint density at radius 3 is 2.73 bits per heavy atom. The van der Waals surface area contributed by atoms with Crippen LogP contribution in [0.4, 0.5) is 0 Å². The average Bonchev–Trinajstić information content (AvgIpc) is 3.14. The summed E-state index contributed by atoms with van der Waals surface area (Å²) in [5.74, 6) is -0.491. The lowest BCUT2D eigenvalue weighted by Gasteiger charge is -2.21. The van der Waals surface area contributed by atoms with Crippen LogP contribution in [-0.4, -0.2) is 38.5 Å². The van der Waals surface area contributed by atoms with Crippen molar-refractivity contribution >= 4 is 16.2 Å². The van der Waals surface area contributed by atoms with E-state index in [0.717, 1.165) is 41.0 Å². The number of quaternary nitrogens is 1. The van der Waals surface area contributed by atoms with E-state index in [1.54, 1.807) is 6.07 Å². The molecule has 0 bridgehead atoms. The van der Waals surface area contributed by atoms with Crippen LogP contribution in [0.15, 0.2) is 42.6 Å². The third-order valence-corrected chi connectivity index (χ3v) is 6.00. The van der Waals surface area contributed by atoms with Crippen LogP contribution in [0.1, 0.15) is 40.4 Å². The van der Waals surface area contributed by atoms with Crippen molar-refractivity contribution in [3.63, 3.8) is 0 Å². The van der Waals surface area contributed by atoms with Crippen LogP contribution in [0.2, 0.25) is 0 Å². The fourth-order valence-corrected chi connectivity index (χ4v) is 4.12. The first-order valence-electron chi connectivity index (χ1n) is 8.71. The molecule has 0 spiro atoms. The number of rotatable bonds is 6. The monoisotopic (exact) mass is 378 g/mol. The Balaban J connectivity index is 1.91. The van der Waals surface area contributed by atoms with E-state index in [0.29, 0.717) is 0 Å². The fourth-order valence-electron chi connectivity index (χ4n) is 3.28. The maximum atomic E-state index is 12.8. The van der Waals surface area contributed by atoms with Gasteiger partial charge in [-0.3, -0.25) is 0 Å². The van der Waals surface area contributed by atoms with Crippen molar-refractivity contribution < 1.29 is 23.3 Å². The molecule has 0 radical (unpaired) electrons. The predicted octanol–water partition coefficient (Wildman–Crippen LogP) is 0.598. The summed E-state index contributed by atoms with van der Waals surface area (Å²) in [6.45, 7) is 1.99. The molecule has 3 N–H and O–H groups in total. The number of hydrogen-bond acceptors (Lipinski definition) is 4. The topological polar surface area (TPSA) is 94.0 Å². The van der Waals surface area contributed by atoms with Gasteiger partial charge in [-0.25, -0.2) is 13.5 Å². The molecular weight excluding hydrogens is 354 g/mol. The first kappa shape index (κ1) is 18.6. The SMILES string of the molecule is CNS(=O)(=O)n1ccc(C2CCC[NH2+]C2)c1C(=O)OCc1ccccc1. The van der Waals surface area contributed by atoms with Crippen LogP contribution in [0, 0.1) is 0 Å². The van der Waals surface area contributed by atoms with Gasteiger partial charge in [-0.05, 0) is 30.0 Å². The summed E-state index contributed by atoms with van der Waals surface area (Å²) >= 11 is 0. The highest BCUT2D eigenvalue weighted by Gasteiger charge is 2.30. The molecule has 1 aromatic heterocycles. The summed E-state index contributed by atoms with van der Waals surface area (Å²) in [5.41, 5.74) is 1.68. The number of carbonyl (C=O) groups excluding carboxylic acids is 1. The molecule has 7 nitrogen and oxygen atoms in total. The maximum Gasteiger partial charge on any atom is 0.356 e. The molecule has 0 amide bonds. The molecule has 1 aromatic carbocycles. The highest BCUT2D eigenvalue weighted by Crippen LogP contribution is 2.27. The number of esters is 1. The number of nitrogens with two attached hydrogens (primary N) is 1. The fraction of sp³-hybridized carbons (Fsp3) is 0.389. The van der Waals surface area contributed by atoms with Crippen LogP contribution in [0.5, 0.6) is 0 Å². The minimum absolute atomic E-state index is 0.0931. The number of ether oxygens (including phenoxy) is 1. The van der Waals surface area contributed by atoms with E-state index in [4.69, 9.17) is 4.74 Å². The zero-order valence-corrected chi connectivity index (χ0v) is 15.5. The second-order valence-electron chi connectivity index (χ2n) is 6.34. The second-order valence-corrected chi connectivity index (χ2v) is 8.09. The van der Waals surface area contributed by atoms with Crippen molar-refractivity contribution in [1.29, 1.82) is 0 Å². The summed E-state index contributed by atoms with van der Waals surface area (Å²) < 4.78 is 33.3. The Morgan fingerprint density at radius 2 is 2.08 bits per heavy atom. The average molecular weight is 378 g/mol. The number of nitrogens with zero attached hydrogens (tertiary/aromatic N) is 1. The van der Waals surface area contributed by atoms with E-state index in [1.165, 1.54) is 13.2 Å². The van der Waals surface area contributed by atoms with Crippen LogP contribution in [0.25, 0.3) is 0 Å². The van der Waals surface area contributed by atoms with Crippen molar-refractivity contribution in [2.24, 2.45) is 0 Å². The molecule has 1 saturated heterocycles. The Labute approximate surface area is 153 Å². The lowest BCUT2D eigenvalue weighted by Crippen LogP contribution is -2.86. The van der Waals surface area contributed by atoms with E-state index >= 15 is 0 Å². The normalized spacial score (nSPS) is 17.8. The summed E-state index contributed by atoms with van der Waals surface area (Å²) in [5, 5.41) is 2.19. The molecule has 1 fully saturated rings. The van der Waals surface area contributed by atoms with Gasteiger partial charge in [0, 0.05) is 19.2 Å². The minimum Gasteiger partial charge on any atom is -0.456 e. The molecule has 3 rings (SSSR count). The molecule has 1 aliphatic rings. The number of hydrogen-bond donors (Lipinski definition) is 2. The first-order valence-corrected chi connectivity index (χ1v) is 10.1. The van der Waals surface area contributed by atoms with E-state index in [1.807, 2.05) is 30.3 Å². The summed E-state index contributed by atoms with van der Waals surface area (Å²) in [6, 6.07) is 11.0. The summed E-state index contributed by atoms with van der Waals surface area (Å²) in [4.78, 5) is 12.8. The summed E-state index contributed by atoms with van der Waals surface area (Å²) in [6.07, 6.45) is 3.39. The van der Waals surface area contributed by atoms with Crippen LogP contribution < -0.4 is 10.0 Å².